The SMILES string of the molecule is c1ccc(Oc2ccc(C3CCNCC3)cc2)cc1. The Morgan fingerprint density at radius 2 is 1.42 bits per heavy atom. The van der Waals surface area contributed by atoms with E-state index in [1.165, 1.54) is 18.4 Å². The fourth-order valence-electron chi connectivity index (χ4n) is 2.59. The van der Waals surface area contributed by atoms with Crippen molar-refractivity contribution in [1.82, 2.24) is 5.32 Å². The largest absolute Gasteiger partial charge is 0.457 e. The van der Waals surface area contributed by atoms with Gasteiger partial charge >= 0.3 is 0 Å². The predicted molar refractivity (Wildman–Crippen MR) is 77.8 cm³/mol. The summed E-state index contributed by atoms with van der Waals surface area (Å²) in [6.45, 7) is 2.26. The van der Waals surface area contributed by atoms with Crippen LogP contribution in [0.3, 0.4) is 0 Å². The van der Waals surface area contributed by atoms with Gasteiger partial charge in [-0.2, -0.15) is 0 Å². The maximum absolute atomic E-state index is 5.81. The summed E-state index contributed by atoms with van der Waals surface area (Å²) in [5.41, 5.74) is 1.43. The van der Waals surface area contributed by atoms with Crippen LogP contribution in [0.1, 0.15) is 24.3 Å². The smallest absolute Gasteiger partial charge is 0.127 e. The Morgan fingerprint density at radius 1 is 0.789 bits per heavy atom. The Morgan fingerprint density at radius 3 is 2.11 bits per heavy atom. The molecule has 0 aromatic heterocycles. The summed E-state index contributed by atoms with van der Waals surface area (Å²) in [7, 11) is 0. The molecule has 0 spiro atoms. The minimum atomic E-state index is 0.701. The maximum atomic E-state index is 5.81. The van der Waals surface area contributed by atoms with Crippen molar-refractivity contribution in [2.45, 2.75) is 18.8 Å². The van der Waals surface area contributed by atoms with Gasteiger partial charge in [-0.25, -0.2) is 0 Å². The second-order valence-electron chi connectivity index (χ2n) is 5.01. The van der Waals surface area contributed by atoms with Crippen LogP contribution in [-0.2, 0) is 0 Å². The van der Waals surface area contributed by atoms with Gasteiger partial charge in [-0.1, -0.05) is 30.3 Å². The number of ether oxygens (including phenoxy) is 1. The highest BCUT2D eigenvalue weighted by Gasteiger charge is 2.14. The van der Waals surface area contributed by atoms with Gasteiger partial charge in [0, 0.05) is 0 Å². The van der Waals surface area contributed by atoms with Crippen LogP contribution in [0.4, 0.5) is 0 Å². The maximum Gasteiger partial charge on any atom is 0.127 e. The molecular formula is C17H19NO. The van der Waals surface area contributed by atoms with Crippen molar-refractivity contribution in [2.75, 3.05) is 13.1 Å². The van der Waals surface area contributed by atoms with E-state index in [-0.39, 0.29) is 0 Å². The van der Waals surface area contributed by atoms with Crippen LogP contribution in [0.15, 0.2) is 54.6 Å². The fraction of sp³-hybridized carbons (Fsp3) is 0.294. The van der Waals surface area contributed by atoms with E-state index < -0.39 is 0 Å². The van der Waals surface area contributed by atoms with E-state index in [9.17, 15) is 0 Å². The van der Waals surface area contributed by atoms with Gasteiger partial charge in [-0.15, -0.1) is 0 Å². The summed E-state index contributed by atoms with van der Waals surface area (Å²) < 4.78 is 5.81. The van der Waals surface area contributed by atoms with E-state index in [1.807, 2.05) is 30.3 Å². The van der Waals surface area contributed by atoms with Crippen LogP contribution in [0.5, 0.6) is 11.5 Å². The van der Waals surface area contributed by atoms with Crippen molar-refractivity contribution in [1.29, 1.82) is 0 Å². The van der Waals surface area contributed by atoms with Gasteiger partial charge in [0.15, 0.2) is 0 Å². The molecule has 2 nitrogen and oxygen atoms in total. The number of hydrogen-bond donors (Lipinski definition) is 1. The lowest BCUT2D eigenvalue weighted by atomic mass is 9.90. The third-order valence-corrected chi connectivity index (χ3v) is 3.67. The standard InChI is InChI=1S/C17H19NO/c1-2-4-16(5-3-1)19-17-8-6-14(7-9-17)15-10-12-18-13-11-15/h1-9,15,18H,10-13H2. The number of benzene rings is 2. The van der Waals surface area contributed by atoms with Crippen LogP contribution in [0, 0.1) is 0 Å². The molecule has 19 heavy (non-hydrogen) atoms. The molecule has 2 aromatic carbocycles. The van der Waals surface area contributed by atoms with Crippen LogP contribution >= 0.6 is 0 Å². The normalized spacial score (nSPS) is 16.2. The van der Waals surface area contributed by atoms with Crippen LogP contribution < -0.4 is 10.1 Å². The molecule has 2 heteroatoms. The highest BCUT2D eigenvalue weighted by atomic mass is 16.5. The first kappa shape index (κ1) is 12.2. The van der Waals surface area contributed by atoms with Gasteiger partial charge in [0.1, 0.15) is 11.5 Å². The van der Waals surface area contributed by atoms with E-state index in [0.717, 1.165) is 24.6 Å². The zero-order valence-electron chi connectivity index (χ0n) is 11.0. The molecule has 1 saturated heterocycles. The van der Waals surface area contributed by atoms with Gasteiger partial charge in [0.2, 0.25) is 0 Å². The van der Waals surface area contributed by atoms with E-state index >= 15 is 0 Å². The van der Waals surface area contributed by atoms with Crippen molar-refractivity contribution in [2.24, 2.45) is 0 Å². The van der Waals surface area contributed by atoms with Crippen molar-refractivity contribution in [3.63, 3.8) is 0 Å². The lowest BCUT2D eigenvalue weighted by molar-refractivity contribution is 0.458. The summed E-state index contributed by atoms with van der Waals surface area (Å²) in [6, 6.07) is 18.5. The Hall–Kier alpha value is -1.80. The van der Waals surface area contributed by atoms with E-state index in [1.54, 1.807) is 0 Å². The predicted octanol–water partition coefficient (Wildman–Crippen LogP) is 3.95. The number of para-hydroxylation sites is 1. The van der Waals surface area contributed by atoms with Gasteiger partial charge < -0.3 is 10.1 Å². The van der Waals surface area contributed by atoms with Crippen molar-refractivity contribution >= 4 is 0 Å². The molecule has 0 amide bonds. The topological polar surface area (TPSA) is 21.3 Å². The third kappa shape index (κ3) is 3.15. The molecule has 0 atom stereocenters. The number of nitrogens with one attached hydrogen (secondary N) is 1. The Kier molecular flexibility index (Phi) is 3.80. The summed E-state index contributed by atoms with van der Waals surface area (Å²) in [5, 5.41) is 3.40. The van der Waals surface area contributed by atoms with E-state index in [2.05, 4.69) is 29.6 Å². The third-order valence-electron chi connectivity index (χ3n) is 3.67. The van der Waals surface area contributed by atoms with Crippen molar-refractivity contribution < 1.29 is 4.74 Å². The minimum Gasteiger partial charge on any atom is -0.457 e. The van der Waals surface area contributed by atoms with Gasteiger partial charge in [-0.3, -0.25) is 0 Å². The molecule has 0 unspecified atom stereocenters. The Balaban J connectivity index is 1.68. The highest BCUT2D eigenvalue weighted by molar-refractivity contribution is 5.34. The first-order valence-corrected chi connectivity index (χ1v) is 6.95. The number of piperidine rings is 1. The second kappa shape index (κ2) is 5.89. The van der Waals surface area contributed by atoms with Gasteiger partial charge in [0.25, 0.3) is 0 Å². The molecule has 98 valence electrons. The molecule has 1 fully saturated rings. The summed E-state index contributed by atoms with van der Waals surface area (Å²) in [6.07, 6.45) is 2.47. The molecule has 0 saturated carbocycles. The second-order valence-corrected chi connectivity index (χ2v) is 5.01. The lowest BCUT2D eigenvalue weighted by Crippen LogP contribution is -2.26. The summed E-state index contributed by atoms with van der Waals surface area (Å²) >= 11 is 0. The van der Waals surface area contributed by atoms with Crippen LogP contribution in [0.2, 0.25) is 0 Å². The van der Waals surface area contributed by atoms with Crippen molar-refractivity contribution in [3.05, 3.63) is 60.2 Å². The molecule has 3 rings (SSSR count). The van der Waals surface area contributed by atoms with Gasteiger partial charge in [-0.05, 0) is 61.7 Å². The summed E-state index contributed by atoms with van der Waals surface area (Å²) in [5.74, 6) is 2.49. The molecule has 1 heterocycles. The Labute approximate surface area is 114 Å². The van der Waals surface area contributed by atoms with Crippen LogP contribution in [-0.4, -0.2) is 13.1 Å². The van der Waals surface area contributed by atoms with E-state index in [0.29, 0.717) is 5.92 Å². The number of rotatable bonds is 3. The molecule has 0 bridgehead atoms. The molecule has 0 aliphatic carbocycles. The van der Waals surface area contributed by atoms with Crippen molar-refractivity contribution in [3.8, 4) is 11.5 Å². The average Bonchev–Trinajstić information content (AvgIpc) is 2.50. The fourth-order valence-corrected chi connectivity index (χ4v) is 2.59. The van der Waals surface area contributed by atoms with Crippen LogP contribution in [0.25, 0.3) is 0 Å². The molecular weight excluding hydrogens is 234 g/mol. The zero-order chi connectivity index (χ0) is 12.9. The van der Waals surface area contributed by atoms with Gasteiger partial charge in [0.05, 0.1) is 0 Å². The summed E-state index contributed by atoms with van der Waals surface area (Å²) in [4.78, 5) is 0. The average molecular weight is 253 g/mol. The quantitative estimate of drug-likeness (QED) is 0.894. The monoisotopic (exact) mass is 253 g/mol. The molecule has 1 aliphatic rings. The molecule has 1 aliphatic heterocycles. The lowest BCUT2D eigenvalue weighted by Gasteiger charge is -2.23. The first-order chi connectivity index (χ1) is 9.42. The Bertz CT molecular complexity index is 501. The first-order valence-electron chi connectivity index (χ1n) is 6.95. The zero-order valence-corrected chi connectivity index (χ0v) is 11.0. The minimum absolute atomic E-state index is 0.701. The molecule has 2 aromatic rings. The van der Waals surface area contributed by atoms with E-state index in [4.69, 9.17) is 4.74 Å². The highest BCUT2D eigenvalue weighted by Crippen LogP contribution is 2.28. The molecule has 0 radical (unpaired) electrons. The molecule has 1 N–H and O–H groups in total. The number of hydrogen-bond acceptors (Lipinski definition) is 2.